The van der Waals surface area contributed by atoms with Crippen molar-refractivity contribution in [1.82, 2.24) is 4.98 Å². The average Bonchev–Trinajstić information content (AvgIpc) is 2.78. The average molecular weight is 502 g/mol. The minimum Gasteiger partial charge on any atom is -0.497 e. The van der Waals surface area contributed by atoms with Crippen molar-refractivity contribution < 1.29 is 17.9 Å². The second-order valence-corrected chi connectivity index (χ2v) is 9.82. The van der Waals surface area contributed by atoms with Gasteiger partial charge in [-0.1, -0.05) is 0 Å². The molecule has 0 spiro atoms. The number of carbonyl (C=O) groups excluding carboxylic acids is 1. The summed E-state index contributed by atoms with van der Waals surface area (Å²) in [6.07, 6.45) is 4.51. The van der Waals surface area contributed by atoms with E-state index < -0.39 is 10.0 Å². The molecule has 1 amide bonds. The van der Waals surface area contributed by atoms with Gasteiger partial charge in [0, 0.05) is 29.1 Å². The van der Waals surface area contributed by atoms with E-state index in [-0.39, 0.29) is 10.8 Å². The normalized spacial score (nSPS) is 13.4. The molecule has 7 nitrogen and oxygen atoms in total. The van der Waals surface area contributed by atoms with Gasteiger partial charge in [-0.05, 0) is 82.9 Å². The van der Waals surface area contributed by atoms with Crippen LogP contribution in [0.5, 0.6) is 5.75 Å². The number of rotatable bonds is 5. The van der Waals surface area contributed by atoms with Gasteiger partial charge in [-0.15, -0.1) is 0 Å². The minimum absolute atomic E-state index is 0.209. The third kappa shape index (κ3) is 4.42. The Bertz CT molecular complexity index is 1230. The van der Waals surface area contributed by atoms with Crippen LogP contribution in [-0.4, -0.2) is 33.0 Å². The highest BCUT2D eigenvalue weighted by Crippen LogP contribution is 2.34. The van der Waals surface area contributed by atoms with E-state index in [4.69, 9.17) is 4.74 Å². The first-order valence-electron chi connectivity index (χ1n) is 9.60. The maximum absolute atomic E-state index is 13.2. The van der Waals surface area contributed by atoms with Gasteiger partial charge >= 0.3 is 0 Å². The zero-order valence-corrected chi connectivity index (χ0v) is 19.1. The fraction of sp³-hybridized carbons (Fsp3) is 0.182. The zero-order chi connectivity index (χ0) is 22.0. The van der Waals surface area contributed by atoms with Gasteiger partial charge in [-0.2, -0.15) is 0 Å². The molecule has 0 fully saturated rings. The van der Waals surface area contributed by atoms with Crippen LogP contribution in [0.1, 0.15) is 22.3 Å². The van der Waals surface area contributed by atoms with Crippen molar-refractivity contribution in [3.63, 3.8) is 0 Å². The molecule has 0 saturated carbocycles. The lowest BCUT2D eigenvalue weighted by Crippen LogP contribution is -2.35. The van der Waals surface area contributed by atoms with Gasteiger partial charge in [0.2, 0.25) is 0 Å². The van der Waals surface area contributed by atoms with Crippen molar-refractivity contribution in [2.24, 2.45) is 0 Å². The van der Waals surface area contributed by atoms with Gasteiger partial charge in [-0.25, -0.2) is 8.42 Å². The van der Waals surface area contributed by atoms with Crippen LogP contribution in [0.15, 0.2) is 70.3 Å². The molecule has 1 aliphatic heterocycles. The van der Waals surface area contributed by atoms with Crippen LogP contribution in [0, 0.1) is 0 Å². The number of hydrogen-bond acceptors (Lipinski definition) is 5. The zero-order valence-electron chi connectivity index (χ0n) is 16.7. The predicted molar refractivity (Wildman–Crippen MR) is 122 cm³/mol. The summed E-state index contributed by atoms with van der Waals surface area (Å²) < 4.78 is 33.7. The van der Waals surface area contributed by atoms with E-state index >= 15 is 0 Å². The van der Waals surface area contributed by atoms with E-state index in [0.29, 0.717) is 40.1 Å². The Morgan fingerprint density at radius 3 is 2.61 bits per heavy atom. The molecule has 2 aromatic carbocycles. The number of aromatic nitrogens is 1. The fourth-order valence-electron chi connectivity index (χ4n) is 3.50. The van der Waals surface area contributed by atoms with Gasteiger partial charge in [0.05, 0.1) is 23.3 Å². The first-order chi connectivity index (χ1) is 14.9. The summed E-state index contributed by atoms with van der Waals surface area (Å²) in [6, 6.07) is 13.3. The lowest BCUT2D eigenvalue weighted by atomic mass is 10.0. The number of anilines is 2. The summed E-state index contributed by atoms with van der Waals surface area (Å²) in [5.41, 5.74) is 2.53. The van der Waals surface area contributed by atoms with Crippen molar-refractivity contribution in [2.45, 2.75) is 17.7 Å². The molecule has 1 aliphatic rings. The summed E-state index contributed by atoms with van der Waals surface area (Å²) in [7, 11) is -2.17. The molecule has 0 unspecified atom stereocenters. The Kier molecular flexibility index (Phi) is 5.97. The number of sulfonamides is 1. The Morgan fingerprint density at radius 2 is 1.90 bits per heavy atom. The van der Waals surface area contributed by atoms with Crippen molar-refractivity contribution in [2.75, 3.05) is 23.3 Å². The van der Waals surface area contributed by atoms with Gasteiger partial charge < -0.3 is 10.1 Å². The van der Waals surface area contributed by atoms with Crippen molar-refractivity contribution in [3.05, 3.63) is 76.5 Å². The van der Waals surface area contributed by atoms with E-state index in [1.54, 1.807) is 48.7 Å². The number of nitrogens with one attached hydrogen (secondary N) is 1. The van der Waals surface area contributed by atoms with Crippen LogP contribution >= 0.6 is 15.9 Å². The van der Waals surface area contributed by atoms with Crippen LogP contribution in [0.3, 0.4) is 0 Å². The van der Waals surface area contributed by atoms with E-state index in [9.17, 15) is 13.2 Å². The van der Waals surface area contributed by atoms with Crippen LogP contribution in [-0.2, 0) is 16.4 Å². The van der Waals surface area contributed by atoms with E-state index in [2.05, 4.69) is 26.2 Å². The Balaban J connectivity index is 1.60. The summed E-state index contributed by atoms with van der Waals surface area (Å²) in [6.45, 7) is 0.400. The number of carbonyl (C=O) groups is 1. The second kappa shape index (κ2) is 8.68. The topological polar surface area (TPSA) is 88.6 Å². The smallest absolute Gasteiger partial charge is 0.264 e. The molecule has 31 heavy (non-hydrogen) atoms. The molecule has 160 valence electrons. The first-order valence-corrected chi connectivity index (χ1v) is 11.8. The number of pyridine rings is 1. The number of ether oxygens (including phenoxy) is 1. The molecule has 9 heteroatoms. The van der Waals surface area contributed by atoms with Crippen LogP contribution in [0.4, 0.5) is 11.4 Å². The highest BCUT2D eigenvalue weighted by molar-refractivity contribution is 9.10. The van der Waals surface area contributed by atoms with Crippen molar-refractivity contribution in [1.29, 1.82) is 0 Å². The summed E-state index contributed by atoms with van der Waals surface area (Å²) in [5, 5.41) is 2.85. The van der Waals surface area contributed by atoms with Gasteiger partial charge in [0.15, 0.2) is 0 Å². The number of fused-ring (bicyclic) bond motifs is 1. The molecule has 0 radical (unpaired) electrons. The van der Waals surface area contributed by atoms with Crippen molar-refractivity contribution in [3.8, 4) is 5.75 Å². The Labute approximate surface area is 189 Å². The molecule has 0 saturated heterocycles. The van der Waals surface area contributed by atoms with Gasteiger partial charge in [0.25, 0.3) is 15.9 Å². The highest BCUT2D eigenvalue weighted by atomic mass is 79.9. The summed E-state index contributed by atoms with van der Waals surface area (Å²) >= 11 is 3.31. The van der Waals surface area contributed by atoms with E-state index in [0.717, 1.165) is 12.0 Å². The van der Waals surface area contributed by atoms with Crippen LogP contribution < -0.4 is 14.4 Å². The molecular formula is C22H20BrN3O4S. The Hall–Kier alpha value is -2.91. The number of nitrogens with zero attached hydrogens (tertiary/aromatic N) is 2. The van der Waals surface area contributed by atoms with E-state index in [1.165, 1.54) is 17.6 Å². The lowest BCUT2D eigenvalue weighted by molar-refractivity contribution is 0.102. The molecule has 1 N–H and O–H groups in total. The van der Waals surface area contributed by atoms with Crippen LogP contribution in [0.25, 0.3) is 0 Å². The summed E-state index contributed by atoms with van der Waals surface area (Å²) in [5.74, 6) is 0.311. The van der Waals surface area contributed by atoms with E-state index in [1.807, 2.05) is 6.07 Å². The maximum atomic E-state index is 13.2. The largest absolute Gasteiger partial charge is 0.497 e. The highest BCUT2D eigenvalue weighted by Gasteiger charge is 2.29. The van der Waals surface area contributed by atoms with Gasteiger partial charge in [0.1, 0.15) is 5.75 Å². The minimum atomic E-state index is -3.71. The standard InChI is InChI=1S/C22H20BrN3O4S/c1-30-19-5-7-20(8-6-19)31(28,29)26-10-2-3-15-12-18(4-9-21(15)26)25-22(27)16-11-17(23)14-24-13-16/h4-9,11-14H,2-3,10H2,1H3,(H,25,27). The van der Waals surface area contributed by atoms with Crippen LogP contribution in [0.2, 0.25) is 0 Å². The molecule has 3 aromatic rings. The molecule has 4 rings (SSSR count). The number of methoxy groups -OCH3 is 1. The van der Waals surface area contributed by atoms with Crippen molar-refractivity contribution >= 4 is 43.2 Å². The molecule has 0 bridgehead atoms. The lowest BCUT2D eigenvalue weighted by Gasteiger charge is -2.31. The number of halogens is 1. The number of hydrogen-bond donors (Lipinski definition) is 1. The molecular weight excluding hydrogens is 482 g/mol. The summed E-state index contributed by atoms with van der Waals surface area (Å²) in [4.78, 5) is 16.7. The molecule has 0 atom stereocenters. The first kappa shape index (κ1) is 21.3. The number of aryl methyl sites for hydroxylation is 1. The maximum Gasteiger partial charge on any atom is 0.264 e. The predicted octanol–water partition coefficient (Wildman–Crippen LogP) is 4.25. The molecule has 0 aliphatic carbocycles. The third-order valence-electron chi connectivity index (χ3n) is 5.03. The SMILES string of the molecule is COc1ccc(S(=O)(=O)N2CCCc3cc(NC(=O)c4cncc(Br)c4)ccc32)cc1. The fourth-order valence-corrected chi connectivity index (χ4v) is 5.41. The Morgan fingerprint density at radius 1 is 1.13 bits per heavy atom. The second-order valence-electron chi connectivity index (χ2n) is 7.05. The third-order valence-corrected chi connectivity index (χ3v) is 7.29. The monoisotopic (exact) mass is 501 g/mol. The molecule has 1 aromatic heterocycles. The molecule has 2 heterocycles. The quantitative estimate of drug-likeness (QED) is 0.564. The number of amides is 1. The van der Waals surface area contributed by atoms with Gasteiger partial charge in [-0.3, -0.25) is 14.1 Å². The number of benzene rings is 2.